The first-order valence-corrected chi connectivity index (χ1v) is 4.96. The van der Waals surface area contributed by atoms with Crippen LogP contribution in [0.2, 0.25) is 0 Å². The average Bonchev–Trinajstić information content (AvgIpc) is 2.14. The molecule has 1 heterocycles. The maximum Gasteiger partial charge on any atom is 0.0671 e. The van der Waals surface area contributed by atoms with E-state index >= 15 is 0 Å². The molecule has 2 nitrogen and oxygen atoms in total. The van der Waals surface area contributed by atoms with Crippen LogP contribution in [0.4, 0.5) is 0 Å². The molecule has 0 aromatic carbocycles. The lowest BCUT2D eigenvalue weighted by Gasteiger charge is -2.24. The van der Waals surface area contributed by atoms with Crippen molar-refractivity contribution in [3.63, 3.8) is 0 Å². The van der Waals surface area contributed by atoms with Gasteiger partial charge in [0.25, 0.3) is 0 Å². The highest BCUT2D eigenvalue weighted by Crippen LogP contribution is 2.18. The van der Waals surface area contributed by atoms with Crippen LogP contribution in [0.1, 0.15) is 27.7 Å². The van der Waals surface area contributed by atoms with E-state index in [1.54, 1.807) is 0 Å². The molecule has 0 aromatic rings. The van der Waals surface area contributed by atoms with E-state index in [2.05, 4.69) is 33.0 Å². The molecule has 0 aliphatic carbocycles. The SMILES string of the molecule is CC1CNC(C)C(C(C)C)CO1. The van der Waals surface area contributed by atoms with Crippen molar-refractivity contribution in [2.75, 3.05) is 13.2 Å². The van der Waals surface area contributed by atoms with Gasteiger partial charge in [-0.3, -0.25) is 0 Å². The maximum atomic E-state index is 5.68. The summed E-state index contributed by atoms with van der Waals surface area (Å²) in [5, 5.41) is 3.50. The van der Waals surface area contributed by atoms with Crippen LogP contribution in [0.15, 0.2) is 0 Å². The zero-order valence-corrected chi connectivity index (χ0v) is 8.63. The zero-order chi connectivity index (χ0) is 9.14. The largest absolute Gasteiger partial charge is 0.377 e. The number of ether oxygens (including phenoxy) is 1. The van der Waals surface area contributed by atoms with Crippen molar-refractivity contribution in [1.29, 1.82) is 0 Å². The first kappa shape index (κ1) is 10.0. The van der Waals surface area contributed by atoms with E-state index in [-0.39, 0.29) is 0 Å². The molecule has 0 aromatic heterocycles. The average molecular weight is 171 g/mol. The van der Waals surface area contributed by atoms with Crippen molar-refractivity contribution in [3.05, 3.63) is 0 Å². The Kier molecular flexibility index (Phi) is 3.53. The minimum absolute atomic E-state index is 0.371. The molecule has 2 heteroatoms. The van der Waals surface area contributed by atoms with Crippen molar-refractivity contribution in [3.8, 4) is 0 Å². The molecule has 1 N–H and O–H groups in total. The van der Waals surface area contributed by atoms with Gasteiger partial charge in [-0.1, -0.05) is 13.8 Å². The summed E-state index contributed by atoms with van der Waals surface area (Å²) in [4.78, 5) is 0. The minimum Gasteiger partial charge on any atom is -0.377 e. The summed E-state index contributed by atoms with van der Waals surface area (Å²) in [5.41, 5.74) is 0. The standard InChI is InChI=1S/C10H21NO/c1-7(2)10-6-12-8(3)5-11-9(10)4/h7-11H,5-6H2,1-4H3. The second-order valence-corrected chi connectivity index (χ2v) is 4.25. The van der Waals surface area contributed by atoms with Gasteiger partial charge in [0.2, 0.25) is 0 Å². The Morgan fingerprint density at radius 3 is 2.58 bits per heavy atom. The van der Waals surface area contributed by atoms with Gasteiger partial charge in [-0.2, -0.15) is 0 Å². The van der Waals surface area contributed by atoms with Gasteiger partial charge in [-0.25, -0.2) is 0 Å². The third kappa shape index (κ3) is 2.46. The number of hydrogen-bond acceptors (Lipinski definition) is 2. The summed E-state index contributed by atoms with van der Waals surface area (Å²) >= 11 is 0. The third-order valence-electron chi connectivity index (χ3n) is 2.80. The van der Waals surface area contributed by atoms with E-state index in [9.17, 15) is 0 Å². The highest BCUT2D eigenvalue weighted by atomic mass is 16.5. The monoisotopic (exact) mass is 171 g/mol. The predicted octanol–water partition coefficient (Wildman–Crippen LogP) is 1.66. The van der Waals surface area contributed by atoms with E-state index in [4.69, 9.17) is 4.74 Å². The number of hydrogen-bond donors (Lipinski definition) is 1. The summed E-state index contributed by atoms with van der Waals surface area (Å²) in [5.74, 6) is 1.37. The lowest BCUT2D eigenvalue weighted by atomic mass is 9.90. The Labute approximate surface area is 75.7 Å². The van der Waals surface area contributed by atoms with Crippen LogP contribution in [0.3, 0.4) is 0 Å². The van der Waals surface area contributed by atoms with E-state index in [1.807, 2.05) is 0 Å². The quantitative estimate of drug-likeness (QED) is 0.648. The van der Waals surface area contributed by atoms with Gasteiger partial charge in [0.1, 0.15) is 0 Å². The van der Waals surface area contributed by atoms with Crippen LogP contribution in [-0.2, 0) is 4.74 Å². The van der Waals surface area contributed by atoms with Gasteiger partial charge in [0.05, 0.1) is 12.7 Å². The Morgan fingerprint density at radius 1 is 1.33 bits per heavy atom. The molecule has 1 aliphatic heterocycles. The van der Waals surface area contributed by atoms with Crippen LogP contribution in [0.5, 0.6) is 0 Å². The zero-order valence-electron chi connectivity index (χ0n) is 8.63. The molecule has 0 bridgehead atoms. The van der Waals surface area contributed by atoms with Crippen molar-refractivity contribution in [1.82, 2.24) is 5.32 Å². The summed E-state index contributed by atoms with van der Waals surface area (Å²) < 4.78 is 5.68. The van der Waals surface area contributed by atoms with Crippen LogP contribution >= 0.6 is 0 Å². The van der Waals surface area contributed by atoms with Crippen molar-refractivity contribution >= 4 is 0 Å². The second-order valence-electron chi connectivity index (χ2n) is 4.25. The van der Waals surface area contributed by atoms with Crippen molar-refractivity contribution in [2.45, 2.75) is 39.8 Å². The van der Waals surface area contributed by atoms with Gasteiger partial charge >= 0.3 is 0 Å². The van der Waals surface area contributed by atoms with E-state index in [0.29, 0.717) is 24.0 Å². The molecule has 3 unspecified atom stereocenters. The first-order valence-electron chi connectivity index (χ1n) is 4.96. The summed E-state index contributed by atoms with van der Waals surface area (Å²) in [6.07, 6.45) is 0.371. The number of nitrogens with one attached hydrogen (secondary N) is 1. The molecule has 0 saturated carbocycles. The molecule has 12 heavy (non-hydrogen) atoms. The van der Waals surface area contributed by atoms with Gasteiger partial charge in [0, 0.05) is 12.6 Å². The fourth-order valence-electron chi connectivity index (χ4n) is 1.75. The topological polar surface area (TPSA) is 21.3 Å². The Bertz CT molecular complexity index is 136. The van der Waals surface area contributed by atoms with Crippen molar-refractivity contribution in [2.24, 2.45) is 11.8 Å². The Balaban J connectivity index is 2.50. The molecule has 1 saturated heterocycles. The molecule has 0 amide bonds. The highest BCUT2D eigenvalue weighted by molar-refractivity contribution is 4.78. The lowest BCUT2D eigenvalue weighted by molar-refractivity contribution is 0.0472. The van der Waals surface area contributed by atoms with Gasteiger partial charge < -0.3 is 10.1 Å². The summed E-state index contributed by atoms with van der Waals surface area (Å²) in [6, 6.07) is 0.593. The van der Waals surface area contributed by atoms with Gasteiger partial charge in [-0.05, 0) is 25.7 Å². The van der Waals surface area contributed by atoms with Crippen LogP contribution < -0.4 is 5.32 Å². The molecule has 72 valence electrons. The van der Waals surface area contributed by atoms with Gasteiger partial charge in [0.15, 0.2) is 0 Å². The second kappa shape index (κ2) is 4.24. The first-order chi connectivity index (χ1) is 5.61. The highest BCUT2D eigenvalue weighted by Gasteiger charge is 2.24. The molecule has 0 spiro atoms. The lowest BCUT2D eigenvalue weighted by Crippen LogP contribution is -2.36. The van der Waals surface area contributed by atoms with E-state index in [1.165, 1.54) is 0 Å². The number of rotatable bonds is 1. The molecular formula is C10H21NO. The summed E-state index contributed by atoms with van der Waals surface area (Å²) in [6.45, 7) is 10.8. The molecule has 1 fully saturated rings. The van der Waals surface area contributed by atoms with Crippen LogP contribution in [0.25, 0.3) is 0 Å². The maximum absolute atomic E-state index is 5.68. The van der Waals surface area contributed by atoms with E-state index < -0.39 is 0 Å². The van der Waals surface area contributed by atoms with Gasteiger partial charge in [-0.15, -0.1) is 0 Å². The normalized spacial score (nSPS) is 38.2. The summed E-state index contributed by atoms with van der Waals surface area (Å²) in [7, 11) is 0. The van der Waals surface area contributed by atoms with Crippen molar-refractivity contribution < 1.29 is 4.74 Å². The smallest absolute Gasteiger partial charge is 0.0671 e. The fraction of sp³-hybridized carbons (Fsp3) is 1.00. The third-order valence-corrected chi connectivity index (χ3v) is 2.80. The Morgan fingerprint density at radius 2 is 2.00 bits per heavy atom. The van der Waals surface area contributed by atoms with Crippen LogP contribution in [0, 0.1) is 11.8 Å². The van der Waals surface area contributed by atoms with E-state index in [0.717, 1.165) is 13.2 Å². The minimum atomic E-state index is 0.371. The molecular weight excluding hydrogens is 150 g/mol. The predicted molar refractivity (Wildman–Crippen MR) is 51.2 cm³/mol. The van der Waals surface area contributed by atoms with Crippen LogP contribution in [-0.4, -0.2) is 25.3 Å². The Hall–Kier alpha value is -0.0800. The fourth-order valence-corrected chi connectivity index (χ4v) is 1.75. The molecule has 0 radical (unpaired) electrons. The molecule has 1 rings (SSSR count). The molecule has 1 aliphatic rings. The molecule has 3 atom stereocenters.